The first-order chi connectivity index (χ1) is 6.96. The Kier molecular flexibility index (Phi) is 3.85. The van der Waals surface area contributed by atoms with Gasteiger partial charge in [0, 0.05) is 13.6 Å². The maximum Gasteiger partial charge on any atom is 0.146 e. The highest BCUT2D eigenvalue weighted by atomic mass is 15.3. The van der Waals surface area contributed by atoms with Crippen LogP contribution >= 0.6 is 0 Å². The van der Waals surface area contributed by atoms with Gasteiger partial charge in [-0.25, -0.2) is 0 Å². The molecular formula is C11H22N4. The molecule has 0 fully saturated rings. The summed E-state index contributed by atoms with van der Waals surface area (Å²) in [7, 11) is 2.00. The molecule has 0 aliphatic heterocycles. The van der Waals surface area contributed by atoms with Crippen molar-refractivity contribution in [2.45, 2.75) is 40.7 Å². The van der Waals surface area contributed by atoms with Crippen molar-refractivity contribution in [3.05, 3.63) is 11.6 Å². The summed E-state index contributed by atoms with van der Waals surface area (Å²) in [6, 6.07) is 0. The lowest BCUT2D eigenvalue weighted by Crippen LogP contribution is -2.29. The Morgan fingerprint density at radius 2 is 2.00 bits per heavy atom. The molecule has 1 N–H and O–H groups in total. The van der Waals surface area contributed by atoms with Crippen molar-refractivity contribution in [1.29, 1.82) is 0 Å². The van der Waals surface area contributed by atoms with Gasteiger partial charge >= 0.3 is 0 Å². The Morgan fingerprint density at radius 1 is 1.33 bits per heavy atom. The van der Waals surface area contributed by atoms with Crippen molar-refractivity contribution < 1.29 is 0 Å². The summed E-state index contributed by atoms with van der Waals surface area (Å²) >= 11 is 0. The molecule has 0 unspecified atom stereocenters. The third-order valence-electron chi connectivity index (χ3n) is 3.03. The molecule has 0 spiro atoms. The molecule has 0 saturated heterocycles. The topological polar surface area (TPSA) is 42.7 Å². The number of aromatic nitrogens is 3. The smallest absolute Gasteiger partial charge is 0.146 e. The van der Waals surface area contributed by atoms with Crippen LogP contribution in [0, 0.1) is 12.3 Å². The van der Waals surface area contributed by atoms with Gasteiger partial charge in [0.05, 0.1) is 6.54 Å². The van der Waals surface area contributed by atoms with Gasteiger partial charge in [-0.05, 0) is 18.8 Å². The summed E-state index contributed by atoms with van der Waals surface area (Å²) in [4.78, 5) is 0. The highest BCUT2D eigenvalue weighted by Crippen LogP contribution is 2.17. The molecule has 1 heterocycles. The summed E-state index contributed by atoms with van der Waals surface area (Å²) < 4.78 is 2.02. The first-order valence-electron chi connectivity index (χ1n) is 5.52. The van der Waals surface area contributed by atoms with Gasteiger partial charge in [0.15, 0.2) is 0 Å². The highest BCUT2D eigenvalue weighted by molar-refractivity contribution is 4.92. The first kappa shape index (κ1) is 12.2. The van der Waals surface area contributed by atoms with Gasteiger partial charge in [-0.3, -0.25) is 0 Å². The van der Waals surface area contributed by atoms with E-state index in [9.17, 15) is 0 Å². The van der Waals surface area contributed by atoms with Crippen molar-refractivity contribution in [1.82, 2.24) is 20.1 Å². The zero-order valence-electron chi connectivity index (χ0n) is 10.5. The fraction of sp³-hybridized carbons (Fsp3) is 0.818. The number of hydrogen-bond acceptors (Lipinski definition) is 3. The minimum atomic E-state index is 0.355. The van der Waals surface area contributed by atoms with Crippen molar-refractivity contribution >= 4 is 0 Å². The van der Waals surface area contributed by atoms with Gasteiger partial charge in [-0.1, -0.05) is 20.8 Å². The zero-order chi connectivity index (χ0) is 11.5. The van der Waals surface area contributed by atoms with E-state index in [1.165, 1.54) is 6.42 Å². The van der Waals surface area contributed by atoms with Crippen LogP contribution in [-0.2, 0) is 13.6 Å². The van der Waals surface area contributed by atoms with E-state index in [1.54, 1.807) is 0 Å². The van der Waals surface area contributed by atoms with Crippen LogP contribution in [0.4, 0.5) is 0 Å². The van der Waals surface area contributed by atoms with Gasteiger partial charge in [-0.2, -0.15) is 0 Å². The number of nitrogens with one attached hydrogen (secondary N) is 1. The lowest BCUT2D eigenvalue weighted by molar-refractivity contribution is 0.325. The minimum absolute atomic E-state index is 0.355. The summed E-state index contributed by atoms with van der Waals surface area (Å²) in [5.41, 5.74) is 0.355. The number of hydrogen-bond donors (Lipinski definition) is 1. The van der Waals surface area contributed by atoms with Crippen LogP contribution in [0.2, 0.25) is 0 Å². The van der Waals surface area contributed by atoms with Crippen molar-refractivity contribution in [2.75, 3.05) is 6.54 Å². The third kappa shape index (κ3) is 3.30. The second-order valence-electron chi connectivity index (χ2n) is 4.84. The standard InChI is InChI=1S/C11H22N4/c1-6-11(3,4)8-12-7-10-14-13-9(2)15(10)5/h12H,6-8H2,1-5H3. The van der Waals surface area contributed by atoms with Crippen LogP contribution < -0.4 is 5.32 Å². The fourth-order valence-electron chi connectivity index (χ4n) is 1.24. The normalized spacial score (nSPS) is 12.1. The Morgan fingerprint density at radius 3 is 2.47 bits per heavy atom. The molecule has 4 nitrogen and oxygen atoms in total. The summed E-state index contributed by atoms with van der Waals surface area (Å²) in [6.07, 6.45) is 1.18. The van der Waals surface area contributed by atoms with E-state index in [0.29, 0.717) is 5.41 Å². The molecule has 0 aliphatic carbocycles. The molecule has 0 radical (unpaired) electrons. The van der Waals surface area contributed by atoms with Crippen molar-refractivity contribution in [3.8, 4) is 0 Å². The third-order valence-corrected chi connectivity index (χ3v) is 3.03. The van der Waals surface area contributed by atoms with Crippen LogP contribution in [0.15, 0.2) is 0 Å². The second-order valence-corrected chi connectivity index (χ2v) is 4.84. The molecule has 4 heteroatoms. The first-order valence-corrected chi connectivity index (χ1v) is 5.52. The van der Waals surface area contributed by atoms with Gasteiger partial charge in [0.25, 0.3) is 0 Å². The van der Waals surface area contributed by atoms with Crippen LogP contribution in [0.25, 0.3) is 0 Å². The molecule has 86 valence electrons. The van der Waals surface area contributed by atoms with Crippen LogP contribution in [0.1, 0.15) is 38.8 Å². The maximum atomic E-state index is 4.11. The molecule has 0 saturated carbocycles. The highest BCUT2D eigenvalue weighted by Gasteiger charge is 2.14. The Labute approximate surface area is 92.1 Å². The maximum absolute atomic E-state index is 4.11. The molecular weight excluding hydrogens is 188 g/mol. The van der Waals surface area contributed by atoms with Gasteiger partial charge in [0.2, 0.25) is 0 Å². The Balaban J connectivity index is 2.42. The monoisotopic (exact) mass is 210 g/mol. The van der Waals surface area contributed by atoms with E-state index >= 15 is 0 Å². The van der Waals surface area contributed by atoms with Crippen LogP contribution in [0.3, 0.4) is 0 Å². The van der Waals surface area contributed by atoms with E-state index in [1.807, 2.05) is 18.5 Å². The number of aryl methyl sites for hydroxylation is 1. The largest absolute Gasteiger partial charge is 0.317 e. The molecule has 0 bridgehead atoms. The van der Waals surface area contributed by atoms with E-state index in [0.717, 1.165) is 24.7 Å². The summed E-state index contributed by atoms with van der Waals surface area (Å²) in [5.74, 6) is 1.96. The SMILES string of the molecule is CCC(C)(C)CNCc1nnc(C)n1C. The van der Waals surface area contributed by atoms with Crippen LogP contribution in [-0.4, -0.2) is 21.3 Å². The molecule has 0 aliphatic rings. The summed E-state index contributed by atoms with van der Waals surface area (Å²) in [5, 5.41) is 11.6. The molecule has 1 aromatic heterocycles. The predicted octanol–water partition coefficient (Wildman–Crippen LogP) is 1.65. The average Bonchev–Trinajstić information content (AvgIpc) is 2.49. The summed E-state index contributed by atoms with van der Waals surface area (Å²) in [6.45, 7) is 10.5. The number of nitrogens with zero attached hydrogens (tertiary/aromatic N) is 3. The van der Waals surface area contributed by atoms with E-state index in [2.05, 4.69) is 36.3 Å². The average molecular weight is 210 g/mol. The van der Waals surface area contributed by atoms with Gasteiger partial charge < -0.3 is 9.88 Å². The molecule has 0 amide bonds. The molecule has 1 rings (SSSR count). The fourth-order valence-corrected chi connectivity index (χ4v) is 1.24. The second kappa shape index (κ2) is 4.75. The van der Waals surface area contributed by atoms with Crippen LogP contribution in [0.5, 0.6) is 0 Å². The lowest BCUT2D eigenvalue weighted by Gasteiger charge is -2.22. The van der Waals surface area contributed by atoms with E-state index < -0.39 is 0 Å². The molecule has 0 atom stereocenters. The van der Waals surface area contributed by atoms with Crippen molar-refractivity contribution in [2.24, 2.45) is 12.5 Å². The Bertz CT molecular complexity index is 314. The quantitative estimate of drug-likeness (QED) is 0.803. The van der Waals surface area contributed by atoms with Crippen molar-refractivity contribution in [3.63, 3.8) is 0 Å². The molecule has 15 heavy (non-hydrogen) atoms. The lowest BCUT2D eigenvalue weighted by atomic mass is 9.90. The predicted molar refractivity (Wildman–Crippen MR) is 61.5 cm³/mol. The zero-order valence-corrected chi connectivity index (χ0v) is 10.5. The Hall–Kier alpha value is -0.900. The molecule has 1 aromatic rings. The number of rotatable bonds is 5. The van der Waals surface area contributed by atoms with Gasteiger partial charge in [-0.15, -0.1) is 10.2 Å². The van der Waals surface area contributed by atoms with E-state index in [4.69, 9.17) is 0 Å². The van der Waals surface area contributed by atoms with Gasteiger partial charge in [0.1, 0.15) is 11.6 Å². The minimum Gasteiger partial charge on any atom is -0.317 e. The molecule has 0 aromatic carbocycles. The van der Waals surface area contributed by atoms with E-state index in [-0.39, 0.29) is 0 Å².